The van der Waals surface area contributed by atoms with E-state index in [0.29, 0.717) is 0 Å². The minimum atomic E-state index is 0.784. The lowest BCUT2D eigenvalue weighted by molar-refractivity contribution is 0.372. The van der Waals surface area contributed by atoms with Gasteiger partial charge < -0.3 is 19.9 Å². The van der Waals surface area contributed by atoms with E-state index in [1.54, 1.807) is 7.11 Å². The quantitative estimate of drug-likeness (QED) is 0.616. The number of methoxy groups -OCH3 is 1. The van der Waals surface area contributed by atoms with Crippen LogP contribution in [0.3, 0.4) is 0 Å². The van der Waals surface area contributed by atoms with E-state index in [1.165, 1.54) is 16.8 Å². The molecule has 1 aromatic heterocycles. The highest BCUT2D eigenvalue weighted by atomic mass is 16.5. The molecule has 1 saturated heterocycles. The molecule has 0 aliphatic carbocycles. The minimum absolute atomic E-state index is 0.784. The van der Waals surface area contributed by atoms with Crippen molar-refractivity contribution < 1.29 is 4.74 Å². The zero-order chi connectivity index (χ0) is 19.8. The molecule has 6 nitrogen and oxygen atoms in total. The number of piperazine rings is 1. The van der Waals surface area contributed by atoms with Gasteiger partial charge in [0.15, 0.2) is 5.96 Å². The Kier molecular flexibility index (Phi) is 7.12. The maximum Gasteiger partial charge on any atom is 0.194 e. The normalized spacial score (nSPS) is 14.9. The number of anilines is 1. The van der Waals surface area contributed by atoms with Gasteiger partial charge in [0.25, 0.3) is 0 Å². The van der Waals surface area contributed by atoms with Crippen LogP contribution < -0.4 is 15.0 Å². The number of benzene rings is 1. The third-order valence-electron chi connectivity index (χ3n) is 5.13. The molecule has 0 radical (unpaired) electrons. The first-order chi connectivity index (χ1) is 13.7. The molecule has 1 aliphatic heterocycles. The van der Waals surface area contributed by atoms with E-state index in [0.717, 1.165) is 57.4 Å². The lowest BCUT2D eigenvalue weighted by Gasteiger charge is -2.37. The Morgan fingerprint density at radius 1 is 1.14 bits per heavy atom. The first-order valence-corrected chi connectivity index (χ1v) is 10.0. The van der Waals surface area contributed by atoms with Crippen LogP contribution >= 0.6 is 0 Å². The fraction of sp³-hybridized carbons (Fsp3) is 0.455. The number of nitrogens with one attached hydrogen (secondary N) is 1. The van der Waals surface area contributed by atoms with Gasteiger partial charge in [-0.05, 0) is 61.7 Å². The monoisotopic (exact) mass is 381 g/mol. The molecule has 0 amide bonds. The van der Waals surface area contributed by atoms with Gasteiger partial charge in [0.1, 0.15) is 5.75 Å². The molecule has 0 atom stereocenters. The molecule has 0 unspecified atom stereocenters. The molecule has 0 bridgehead atoms. The summed E-state index contributed by atoms with van der Waals surface area (Å²) in [4.78, 5) is 13.8. The summed E-state index contributed by atoms with van der Waals surface area (Å²) in [5, 5.41) is 3.45. The van der Waals surface area contributed by atoms with Gasteiger partial charge in [0, 0.05) is 57.3 Å². The Bertz CT molecular complexity index is 767. The average molecular weight is 382 g/mol. The number of guanidine groups is 1. The number of pyridine rings is 1. The van der Waals surface area contributed by atoms with E-state index >= 15 is 0 Å². The van der Waals surface area contributed by atoms with Crippen LogP contribution in [0.5, 0.6) is 5.75 Å². The highest BCUT2D eigenvalue weighted by Crippen LogP contribution is 2.20. The Labute approximate surface area is 168 Å². The molecule has 6 heteroatoms. The molecule has 2 heterocycles. The number of aromatic nitrogens is 1. The van der Waals surface area contributed by atoms with E-state index in [4.69, 9.17) is 9.73 Å². The summed E-state index contributed by atoms with van der Waals surface area (Å²) in [6, 6.07) is 10.4. The molecule has 2 aromatic rings. The SMILES string of the molecule is CCNC(=NCCc1ccncc1C)N1CCN(c2ccc(OC)cc2)CC1. The van der Waals surface area contributed by atoms with Crippen molar-refractivity contribution in [3.63, 3.8) is 0 Å². The molecule has 1 N–H and O–H groups in total. The zero-order valence-corrected chi connectivity index (χ0v) is 17.2. The van der Waals surface area contributed by atoms with E-state index < -0.39 is 0 Å². The lowest BCUT2D eigenvalue weighted by atomic mass is 10.1. The molecular formula is C22H31N5O. The number of aliphatic imine (C=N–C) groups is 1. The maximum absolute atomic E-state index is 5.25. The van der Waals surface area contributed by atoms with Crippen LogP contribution in [0.1, 0.15) is 18.1 Å². The zero-order valence-electron chi connectivity index (χ0n) is 17.2. The predicted octanol–water partition coefficient (Wildman–Crippen LogP) is 2.73. The van der Waals surface area contributed by atoms with Crippen LogP contribution in [0.4, 0.5) is 5.69 Å². The van der Waals surface area contributed by atoms with Gasteiger partial charge in [-0.15, -0.1) is 0 Å². The van der Waals surface area contributed by atoms with E-state index in [1.807, 2.05) is 24.5 Å². The van der Waals surface area contributed by atoms with E-state index in [2.05, 4.69) is 52.1 Å². The fourth-order valence-corrected chi connectivity index (χ4v) is 3.46. The molecular weight excluding hydrogens is 350 g/mol. The Hall–Kier alpha value is -2.76. The van der Waals surface area contributed by atoms with Gasteiger partial charge in [-0.3, -0.25) is 9.98 Å². The first-order valence-electron chi connectivity index (χ1n) is 10.0. The van der Waals surface area contributed by atoms with Crippen molar-refractivity contribution in [1.82, 2.24) is 15.2 Å². The summed E-state index contributed by atoms with van der Waals surface area (Å²) in [5.41, 5.74) is 3.80. The topological polar surface area (TPSA) is 53.0 Å². The first kappa shape index (κ1) is 20.0. The van der Waals surface area contributed by atoms with Crippen molar-refractivity contribution in [2.75, 3.05) is 51.3 Å². The molecule has 0 saturated carbocycles. The highest BCUT2D eigenvalue weighted by Gasteiger charge is 2.19. The molecule has 1 aliphatic rings. The maximum atomic E-state index is 5.25. The number of nitrogens with zero attached hydrogens (tertiary/aromatic N) is 4. The standard InChI is InChI=1S/C22H31N5O/c1-4-24-22(25-12-10-19-9-11-23-17-18(19)2)27-15-13-26(14-16-27)20-5-7-21(28-3)8-6-20/h5-9,11,17H,4,10,12-16H2,1-3H3,(H,24,25). The Morgan fingerprint density at radius 3 is 2.54 bits per heavy atom. The van der Waals surface area contributed by atoms with Crippen LogP contribution in [0, 0.1) is 6.92 Å². The van der Waals surface area contributed by atoms with Crippen molar-refractivity contribution in [1.29, 1.82) is 0 Å². The summed E-state index contributed by atoms with van der Waals surface area (Å²) in [6.45, 7) is 9.79. The molecule has 0 spiro atoms. The van der Waals surface area contributed by atoms with Crippen molar-refractivity contribution in [2.45, 2.75) is 20.3 Å². The summed E-state index contributed by atoms with van der Waals surface area (Å²) in [7, 11) is 1.70. The van der Waals surface area contributed by atoms with Crippen molar-refractivity contribution in [3.05, 3.63) is 53.9 Å². The van der Waals surface area contributed by atoms with Crippen molar-refractivity contribution >= 4 is 11.6 Å². The highest BCUT2D eigenvalue weighted by molar-refractivity contribution is 5.80. The third kappa shape index (κ3) is 5.15. The van der Waals surface area contributed by atoms with Crippen LogP contribution in [0.2, 0.25) is 0 Å². The average Bonchev–Trinajstić information content (AvgIpc) is 2.75. The molecule has 1 fully saturated rings. The number of rotatable bonds is 6. The van der Waals surface area contributed by atoms with Crippen LogP contribution in [-0.2, 0) is 6.42 Å². The van der Waals surface area contributed by atoms with Crippen LogP contribution in [0.15, 0.2) is 47.7 Å². The van der Waals surface area contributed by atoms with E-state index in [9.17, 15) is 0 Å². The van der Waals surface area contributed by atoms with Crippen LogP contribution in [0.25, 0.3) is 0 Å². The summed E-state index contributed by atoms with van der Waals surface area (Å²) >= 11 is 0. The largest absolute Gasteiger partial charge is 0.497 e. The molecule has 28 heavy (non-hydrogen) atoms. The van der Waals surface area contributed by atoms with E-state index in [-0.39, 0.29) is 0 Å². The molecule has 1 aromatic carbocycles. The number of hydrogen-bond donors (Lipinski definition) is 1. The second-order valence-electron chi connectivity index (χ2n) is 6.96. The van der Waals surface area contributed by atoms with Crippen LogP contribution in [-0.4, -0.2) is 62.2 Å². The summed E-state index contributed by atoms with van der Waals surface area (Å²) < 4.78 is 5.25. The second kappa shape index (κ2) is 9.97. The van der Waals surface area contributed by atoms with Gasteiger partial charge >= 0.3 is 0 Å². The van der Waals surface area contributed by atoms with Gasteiger partial charge in [0.05, 0.1) is 7.11 Å². The number of aryl methyl sites for hydroxylation is 1. The second-order valence-corrected chi connectivity index (χ2v) is 6.96. The van der Waals surface area contributed by atoms with Gasteiger partial charge in [-0.1, -0.05) is 0 Å². The van der Waals surface area contributed by atoms with Gasteiger partial charge in [-0.25, -0.2) is 0 Å². The third-order valence-corrected chi connectivity index (χ3v) is 5.13. The lowest BCUT2D eigenvalue weighted by Crippen LogP contribution is -2.52. The van der Waals surface area contributed by atoms with Gasteiger partial charge in [0.2, 0.25) is 0 Å². The summed E-state index contributed by atoms with van der Waals surface area (Å²) in [5.74, 6) is 1.91. The van der Waals surface area contributed by atoms with Crippen molar-refractivity contribution in [2.24, 2.45) is 4.99 Å². The number of hydrogen-bond acceptors (Lipinski definition) is 4. The molecule has 150 valence electrons. The Morgan fingerprint density at radius 2 is 1.89 bits per heavy atom. The number of ether oxygens (including phenoxy) is 1. The Balaban J connectivity index is 1.56. The smallest absolute Gasteiger partial charge is 0.194 e. The minimum Gasteiger partial charge on any atom is -0.497 e. The van der Waals surface area contributed by atoms with Crippen molar-refractivity contribution in [3.8, 4) is 5.75 Å². The summed E-state index contributed by atoms with van der Waals surface area (Å²) in [6.07, 6.45) is 4.72. The van der Waals surface area contributed by atoms with Gasteiger partial charge in [-0.2, -0.15) is 0 Å². The molecule has 3 rings (SSSR count). The fourth-order valence-electron chi connectivity index (χ4n) is 3.46. The predicted molar refractivity (Wildman–Crippen MR) is 115 cm³/mol.